The minimum Gasteiger partial charge on any atom is -0.397 e. The zero-order chi connectivity index (χ0) is 16.0. The monoisotopic (exact) mass is 314 g/mol. The minimum atomic E-state index is -3.58. The Balaban J connectivity index is 2.61. The maximum Gasteiger partial charge on any atom is 0.242 e. The fraction of sp³-hybridized carbons (Fsp3) is 0.600. The zero-order valence-corrected chi connectivity index (χ0v) is 14.1. The van der Waals surface area contributed by atoms with E-state index in [4.69, 9.17) is 10.5 Å². The quantitative estimate of drug-likeness (QED) is 0.569. The van der Waals surface area contributed by atoms with E-state index < -0.39 is 10.0 Å². The van der Waals surface area contributed by atoms with Gasteiger partial charge in [-0.15, -0.1) is 0 Å². The van der Waals surface area contributed by atoms with Crippen molar-refractivity contribution in [2.45, 2.75) is 39.0 Å². The van der Waals surface area contributed by atoms with Crippen LogP contribution in [0.3, 0.4) is 0 Å². The summed E-state index contributed by atoms with van der Waals surface area (Å²) in [5.41, 5.74) is 7.65. The molecule has 0 atom stereocenters. The molecule has 3 N–H and O–H groups in total. The van der Waals surface area contributed by atoms with Crippen molar-refractivity contribution >= 4 is 15.7 Å². The first-order valence-corrected chi connectivity index (χ1v) is 8.67. The normalized spacial score (nSPS) is 12.0. The second-order valence-corrected chi connectivity index (χ2v) is 7.37. The van der Waals surface area contributed by atoms with E-state index in [1.54, 1.807) is 19.9 Å². The molecule has 0 spiro atoms. The molecule has 6 heteroatoms. The van der Waals surface area contributed by atoms with Crippen molar-refractivity contribution in [3.63, 3.8) is 0 Å². The van der Waals surface area contributed by atoms with Crippen molar-refractivity contribution in [2.24, 2.45) is 5.92 Å². The Bertz CT molecular complexity index is 569. The average Bonchev–Trinajstić information content (AvgIpc) is 2.38. The lowest BCUT2D eigenvalue weighted by Crippen LogP contribution is -2.27. The molecule has 0 amide bonds. The van der Waals surface area contributed by atoms with Crippen molar-refractivity contribution in [3.05, 3.63) is 23.3 Å². The van der Waals surface area contributed by atoms with E-state index in [0.717, 1.165) is 5.56 Å². The van der Waals surface area contributed by atoms with E-state index in [2.05, 4.69) is 18.6 Å². The Kier molecular flexibility index (Phi) is 6.64. The lowest BCUT2D eigenvalue weighted by atomic mass is 10.1. The van der Waals surface area contributed by atoms with Gasteiger partial charge in [0.05, 0.1) is 5.69 Å². The van der Waals surface area contributed by atoms with Gasteiger partial charge in [0.15, 0.2) is 0 Å². The number of benzene rings is 1. The Morgan fingerprint density at radius 2 is 1.86 bits per heavy atom. The van der Waals surface area contributed by atoms with E-state index >= 15 is 0 Å². The van der Waals surface area contributed by atoms with E-state index in [9.17, 15) is 8.42 Å². The van der Waals surface area contributed by atoms with Crippen LogP contribution < -0.4 is 10.5 Å². The standard InChI is InChI=1S/C15H26N2O3S/c1-11(2)10-20-9-5-8-17-21(18,19)15-13(4)7-6-12(3)14(15)16/h6-7,11,17H,5,8-10,16H2,1-4H3. The van der Waals surface area contributed by atoms with Crippen molar-refractivity contribution in [1.82, 2.24) is 4.72 Å². The number of nitrogens with two attached hydrogens (primary N) is 1. The fourth-order valence-electron chi connectivity index (χ4n) is 1.94. The molecule has 0 aliphatic rings. The largest absolute Gasteiger partial charge is 0.397 e. The van der Waals surface area contributed by atoms with E-state index in [1.807, 2.05) is 6.07 Å². The molecule has 0 unspecified atom stereocenters. The van der Waals surface area contributed by atoms with Gasteiger partial charge in [0.1, 0.15) is 4.90 Å². The van der Waals surface area contributed by atoms with Gasteiger partial charge in [-0.2, -0.15) is 0 Å². The molecule has 5 nitrogen and oxygen atoms in total. The van der Waals surface area contributed by atoms with E-state index in [1.165, 1.54) is 0 Å². The SMILES string of the molecule is Cc1ccc(C)c(S(=O)(=O)NCCCOCC(C)C)c1N. The molecule has 1 aromatic rings. The molecule has 0 bridgehead atoms. The molecule has 0 heterocycles. The second kappa shape index (κ2) is 7.77. The number of sulfonamides is 1. The first-order chi connectivity index (χ1) is 9.75. The summed E-state index contributed by atoms with van der Waals surface area (Å²) in [5.74, 6) is 0.483. The molecular weight excluding hydrogens is 288 g/mol. The molecule has 0 aliphatic carbocycles. The van der Waals surface area contributed by atoms with Crippen LogP contribution in [-0.2, 0) is 14.8 Å². The van der Waals surface area contributed by atoms with Crippen LogP contribution in [0.4, 0.5) is 5.69 Å². The van der Waals surface area contributed by atoms with Crippen LogP contribution in [0.1, 0.15) is 31.4 Å². The second-order valence-electron chi connectivity index (χ2n) is 5.66. The van der Waals surface area contributed by atoms with Crippen LogP contribution >= 0.6 is 0 Å². The molecule has 0 aromatic heterocycles. The lowest BCUT2D eigenvalue weighted by molar-refractivity contribution is 0.108. The van der Waals surface area contributed by atoms with Crippen LogP contribution in [0.2, 0.25) is 0 Å². The molecular formula is C15H26N2O3S. The summed E-state index contributed by atoms with van der Waals surface area (Å²) in [6.07, 6.45) is 0.636. The molecule has 1 aromatic carbocycles. The van der Waals surface area contributed by atoms with Crippen LogP contribution in [0, 0.1) is 19.8 Å². The van der Waals surface area contributed by atoms with Crippen LogP contribution in [0.25, 0.3) is 0 Å². The highest BCUT2D eigenvalue weighted by molar-refractivity contribution is 7.89. The number of hydrogen-bond donors (Lipinski definition) is 2. The van der Waals surface area contributed by atoms with Gasteiger partial charge in [0, 0.05) is 19.8 Å². The van der Waals surface area contributed by atoms with E-state index in [-0.39, 0.29) is 4.90 Å². The van der Waals surface area contributed by atoms with Crippen molar-refractivity contribution in [1.29, 1.82) is 0 Å². The lowest BCUT2D eigenvalue weighted by Gasteiger charge is -2.13. The Labute approximate surface area is 127 Å². The molecule has 0 fully saturated rings. The highest BCUT2D eigenvalue weighted by Crippen LogP contribution is 2.25. The predicted octanol–water partition coefficient (Wildman–Crippen LogP) is 2.23. The summed E-state index contributed by atoms with van der Waals surface area (Å²) in [6, 6.07) is 3.59. The third-order valence-corrected chi connectivity index (χ3v) is 4.75. The van der Waals surface area contributed by atoms with Gasteiger partial charge >= 0.3 is 0 Å². The highest BCUT2D eigenvalue weighted by atomic mass is 32.2. The summed E-state index contributed by atoms with van der Waals surface area (Å²) in [6.45, 7) is 9.27. The summed E-state index contributed by atoms with van der Waals surface area (Å²) >= 11 is 0. The predicted molar refractivity (Wildman–Crippen MR) is 85.8 cm³/mol. The van der Waals surface area contributed by atoms with Crippen molar-refractivity contribution in [3.8, 4) is 0 Å². The van der Waals surface area contributed by atoms with Gasteiger partial charge in [0.2, 0.25) is 10.0 Å². The van der Waals surface area contributed by atoms with Gasteiger partial charge in [0.25, 0.3) is 0 Å². The van der Waals surface area contributed by atoms with Gasteiger partial charge in [-0.05, 0) is 37.3 Å². The topological polar surface area (TPSA) is 81.4 Å². The smallest absolute Gasteiger partial charge is 0.242 e. The first-order valence-electron chi connectivity index (χ1n) is 7.18. The fourth-order valence-corrected chi connectivity index (χ4v) is 3.44. The molecule has 0 radical (unpaired) electrons. The molecule has 0 saturated heterocycles. The van der Waals surface area contributed by atoms with Crippen molar-refractivity contribution < 1.29 is 13.2 Å². The molecule has 0 aliphatic heterocycles. The number of rotatable bonds is 8. The van der Waals surface area contributed by atoms with Gasteiger partial charge in [-0.3, -0.25) is 0 Å². The summed E-state index contributed by atoms with van der Waals surface area (Å²) in [7, 11) is -3.58. The highest BCUT2D eigenvalue weighted by Gasteiger charge is 2.20. The number of anilines is 1. The minimum absolute atomic E-state index is 0.186. The Morgan fingerprint density at radius 3 is 2.48 bits per heavy atom. The third-order valence-electron chi connectivity index (χ3n) is 3.09. The molecule has 21 heavy (non-hydrogen) atoms. The Morgan fingerprint density at radius 1 is 1.24 bits per heavy atom. The van der Waals surface area contributed by atoms with Crippen LogP contribution in [0.5, 0.6) is 0 Å². The first kappa shape index (κ1) is 17.9. The summed E-state index contributed by atoms with van der Waals surface area (Å²) in [5, 5.41) is 0. The van der Waals surface area contributed by atoms with Crippen LogP contribution in [-0.4, -0.2) is 28.2 Å². The van der Waals surface area contributed by atoms with Crippen molar-refractivity contribution in [2.75, 3.05) is 25.5 Å². The van der Waals surface area contributed by atoms with Gasteiger partial charge < -0.3 is 10.5 Å². The third kappa shape index (κ3) is 5.30. The number of ether oxygens (including phenoxy) is 1. The number of nitrogen functional groups attached to an aromatic ring is 1. The van der Waals surface area contributed by atoms with Gasteiger partial charge in [-0.1, -0.05) is 26.0 Å². The Hall–Kier alpha value is -1.11. The molecule has 1 rings (SSSR count). The van der Waals surface area contributed by atoms with Crippen LogP contribution in [0.15, 0.2) is 17.0 Å². The molecule has 120 valence electrons. The molecule has 0 saturated carbocycles. The number of hydrogen-bond acceptors (Lipinski definition) is 4. The number of aryl methyl sites for hydroxylation is 2. The van der Waals surface area contributed by atoms with E-state index in [0.29, 0.717) is 43.3 Å². The van der Waals surface area contributed by atoms with Gasteiger partial charge in [-0.25, -0.2) is 13.1 Å². The maximum atomic E-state index is 12.3. The zero-order valence-electron chi connectivity index (χ0n) is 13.3. The summed E-state index contributed by atoms with van der Waals surface area (Å²) in [4.78, 5) is 0.186. The number of nitrogens with one attached hydrogen (secondary N) is 1. The summed E-state index contributed by atoms with van der Waals surface area (Å²) < 4.78 is 32.7. The maximum absolute atomic E-state index is 12.3. The average molecular weight is 314 g/mol.